The minimum atomic E-state index is -0.131. The molecule has 1 atom stereocenters. The lowest BCUT2D eigenvalue weighted by atomic mass is 10.1. The number of rotatable bonds is 8. The molecule has 4 rings (SSSR count). The van der Waals surface area contributed by atoms with Crippen molar-refractivity contribution in [2.75, 3.05) is 27.4 Å². The normalized spacial score (nSPS) is 15.9. The summed E-state index contributed by atoms with van der Waals surface area (Å²) in [6.45, 7) is 3.54. The van der Waals surface area contributed by atoms with Gasteiger partial charge in [-0.2, -0.15) is 4.98 Å². The number of carbonyl (C=O) groups is 1. The minimum Gasteiger partial charge on any atom is -0.497 e. The van der Waals surface area contributed by atoms with Crippen LogP contribution < -0.4 is 14.2 Å². The lowest BCUT2D eigenvalue weighted by Crippen LogP contribution is -2.24. The van der Waals surface area contributed by atoms with Gasteiger partial charge in [0.25, 0.3) is 5.89 Å². The number of likely N-dealkylation sites (tertiary alicyclic amines) is 1. The van der Waals surface area contributed by atoms with Gasteiger partial charge in [-0.1, -0.05) is 23.4 Å². The third-order valence-electron chi connectivity index (χ3n) is 5.29. The molecular formula is C23H25N3O5. The molecular weight excluding hydrogens is 398 g/mol. The average Bonchev–Trinajstić information content (AvgIpc) is 3.42. The van der Waals surface area contributed by atoms with Crippen molar-refractivity contribution in [2.24, 2.45) is 0 Å². The summed E-state index contributed by atoms with van der Waals surface area (Å²) < 4.78 is 21.8. The van der Waals surface area contributed by atoms with Crippen LogP contribution in [0.4, 0.5) is 0 Å². The van der Waals surface area contributed by atoms with E-state index in [2.05, 4.69) is 10.1 Å². The predicted octanol–water partition coefficient (Wildman–Crippen LogP) is 3.67. The topological polar surface area (TPSA) is 86.9 Å². The number of methoxy groups -OCH3 is 2. The van der Waals surface area contributed by atoms with Crippen molar-refractivity contribution in [1.82, 2.24) is 15.0 Å². The second-order valence-electron chi connectivity index (χ2n) is 7.24. The summed E-state index contributed by atoms with van der Waals surface area (Å²) in [7, 11) is 3.16. The highest BCUT2D eigenvalue weighted by molar-refractivity contribution is 5.79. The number of hydrogen-bond donors (Lipinski definition) is 0. The maximum absolute atomic E-state index is 12.6. The van der Waals surface area contributed by atoms with Gasteiger partial charge in [0, 0.05) is 37.1 Å². The van der Waals surface area contributed by atoms with E-state index < -0.39 is 0 Å². The molecule has 0 N–H and O–H groups in total. The number of hydrogen-bond acceptors (Lipinski definition) is 7. The van der Waals surface area contributed by atoms with Gasteiger partial charge in [0.1, 0.15) is 17.2 Å². The molecule has 1 aliphatic rings. The SMILES string of the molecule is CCOc1ccccc1CN1CC(c2noc(-c3ccc(OC)cc3OC)n2)CC1=O. The van der Waals surface area contributed by atoms with E-state index >= 15 is 0 Å². The Morgan fingerprint density at radius 3 is 2.74 bits per heavy atom. The van der Waals surface area contributed by atoms with Gasteiger partial charge in [0.15, 0.2) is 5.82 Å². The smallest absolute Gasteiger partial charge is 0.261 e. The van der Waals surface area contributed by atoms with Crippen LogP contribution in [0, 0.1) is 0 Å². The molecule has 1 unspecified atom stereocenters. The number of carbonyl (C=O) groups excluding carboxylic acids is 1. The van der Waals surface area contributed by atoms with Crippen molar-refractivity contribution in [3.05, 3.63) is 53.9 Å². The van der Waals surface area contributed by atoms with Gasteiger partial charge in [-0.3, -0.25) is 4.79 Å². The van der Waals surface area contributed by atoms with Gasteiger partial charge in [-0.15, -0.1) is 0 Å². The van der Waals surface area contributed by atoms with E-state index in [1.54, 1.807) is 26.4 Å². The fourth-order valence-electron chi connectivity index (χ4n) is 3.72. The lowest BCUT2D eigenvalue weighted by Gasteiger charge is -2.18. The van der Waals surface area contributed by atoms with Crippen LogP contribution in [-0.2, 0) is 11.3 Å². The van der Waals surface area contributed by atoms with Crippen LogP contribution in [-0.4, -0.2) is 48.3 Å². The highest BCUT2D eigenvalue weighted by Gasteiger charge is 2.34. The van der Waals surface area contributed by atoms with Crippen LogP contribution in [0.3, 0.4) is 0 Å². The van der Waals surface area contributed by atoms with Gasteiger partial charge in [0.05, 0.1) is 26.4 Å². The van der Waals surface area contributed by atoms with Crippen LogP contribution in [0.2, 0.25) is 0 Å². The number of benzene rings is 2. The Morgan fingerprint density at radius 2 is 1.97 bits per heavy atom. The van der Waals surface area contributed by atoms with Crippen molar-refractivity contribution < 1.29 is 23.5 Å². The largest absolute Gasteiger partial charge is 0.497 e. The third kappa shape index (κ3) is 4.33. The zero-order valence-electron chi connectivity index (χ0n) is 17.8. The summed E-state index contributed by atoms with van der Waals surface area (Å²) in [5.41, 5.74) is 1.66. The Kier molecular flexibility index (Phi) is 6.06. The molecule has 1 aromatic heterocycles. The molecule has 2 heterocycles. The van der Waals surface area contributed by atoms with E-state index in [9.17, 15) is 4.79 Å². The highest BCUT2D eigenvalue weighted by atomic mass is 16.5. The average molecular weight is 423 g/mol. The van der Waals surface area contributed by atoms with Gasteiger partial charge >= 0.3 is 0 Å². The van der Waals surface area contributed by atoms with E-state index in [1.807, 2.05) is 42.2 Å². The summed E-state index contributed by atoms with van der Waals surface area (Å²) in [4.78, 5) is 19.0. The number of para-hydroxylation sites is 1. The molecule has 2 aromatic carbocycles. The molecule has 8 heteroatoms. The van der Waals surface area contributed by atoms with Crippen LogP contribution in [0.15, 0.2) is 47.0 Å². The van der Waals surface area contributed by atoms with Crippen LogP contribution in [0.5, 0.6) is 17.2 Å². The summed E-state index contributed by atoms with van der Waals surface area (Å²) >= 11 is 0. The molecule has 1 amide bonds. The van der Waals surface area contributed by atoms with Crippen molar-refractivity contribution in [3.8, 4) is 28.7 Å². The molecule has 0 saturated carbocycles. The number of nitrogens with zero attached hydrogens (tertiary/aromatic N) is 3. The Hall–Kier alpha value is -3.55. The molecule has 0 bridgehead atoms. The summed E-state index contributed by atoms with van der Waals surface area (Å²) in [6.07, 6.45) is 0.343. The first kappa shape index (κ1) is 20.7. The first-order chi connectivity index (χ1) is 15.1. The molecule has 1 aliphatic heterocycles. The zero-order valence-corrected chi connectivity index (χ0v) is 17.8. The maximum Gasteiger partial charge on any atom is 0.261 e. The molecule has 3 aromatic rings. The zero-order chi connectivity index (χ0) is 21.8. The highest BCUT2D eigenvalue weighted by Crippen LogP contribution is 2.35. The lowest BCUT2D eigenvalue weighted by molar-refractivity contribution is -0.128. The van der Waals surface area contributed by atoms with Gasteiger partial charge < -0.3 is 23.6 Å². The summed E-state index contributed by atoms with van der Waals surface area (Å²) in [6, 6.07) is 13.2. The predicted molar refractivity (Wildman–Crippen MR) is 113 cm³/mol. The van der Waals surface area contributed by atoms with Gasteiger partial charge in [-0.25, -0.2) is 0 Å². The second kappa shape index (κ2) is 9.07. The van der Waals surface area contributed by atoms with Crippen LogP contribution >= 0.6 is 0 Å². The molecule has 1 saturated heterocycles. The summed E-state index contributed by atoms with van der Waals surface area (Å²) in [5, 5.41) is 4.14. The quantitative estimate of drug-likeness (QED) is 0.546. The van der Waals surface area contributed by atoms with Crippen molar-refractivity contribution in [2.45, 2.75) is 25.8 Å². The fraction of sp³-hybridized carbons (Fsp3) is 0.348. The van der Waals surface area contributed by atoms with Crippen molar-refractivity contribution >= 4 is 5.91 Å². The number of ether oxygens (including phenoxy) is 3. The number of amides is 1. The first-order valence-electron chi connectivity index (χ1n) is 10.2. The minimum absolute atomic E-state index is 0.0599. The van der Waals surface area contributed by atoms with Crippen molar-refractivity contribution in [1.29, 1.82) is 0 Å². The fourth-order valence-corrected chi connectivity index (χ4v) is 3.72. The third-order valence-corrected chi connectivity index (χ3v) is 5.29. The van der Waals surface area contributed by atoms with Gasteiger partial charge in [0.2, 0.25) is 5.91 Å². The van der Waals surface area contributed by atoms with Gasteiger partial charge in [-0.05, 0) is 25.1 Å². The summed E-state index contributed by atoms with van der Waals surface area (Å²) in [5.74, 6) is 2.84. The van der Waals surface area contributed by atoms with E-state index in [4.69, 9.17) is 18.7 Å². The standard InChI is InChI=1S/C23H25N3O5/c1-4-30-19-8-6-5-7-15(19)13-26-14-16(11-21(26)27)22-24-23(31-25-22)18-10-9-17(28-2)12-20(18)29-3/h5-10,12,16H,4,11,13-14H2,1-3H3. The molecule has 0 aliphatic carbocycles. The molecule has 162 valence electrons. The Labute approximate surface area is 180 Å². The molecule has 0 radical (unpaired) electrons. The van der Waals surface area contributed by atoms with Crippen LogP contribution in [0.25, 0.3) is 11.5 Å². The van der Waals surface area contributed by atoms with E-state index in [0.717, 1.165) is 11.3 Å². The Bertz CT molecular complexity index is 1060. The molecule has 1 fully saturated rings. The van der Waals surface area contributed by atoms with Crippen molar-refractivity contribution in [3.63, 3.8) is 0 Å². The molecule has 8 nitrogen and oxygen atoms in total. The maximum atomic E-state index is 12.6. The van der Waals surface area contributed by atoms with E-state index in [0.29, 0.717) is 54.9 Å². The molecule has 0 spiro atoms. The molecule has 31 heavy (non-hydrogen) atoms. The monoisotopic (exact) mass is 423 g/mol. The van der Waals surface area contributed by atoms with E-state index in [-0.39, 0.29) is 11.8 Å². The Balaban J connectivity index is 1.50. The van der Waals surface area contributed by atoms with E-state index in [1.165, 1.54) is 0 Å². The van der Waals surface area contributed by atoms with Crippen LogP contribution in [0.1, 0.15) is 30.7 Å². The Morgan fingerprint density at radius 1 is 1.13 bits per heavy atom. The number of aromatic nitrogens is 2. The second-order valence-corrected chi connectivity index (χ2v) is 7.24. The first-order valence-corrected chi connectivity index (χ1v) is 10.2.